The van der Waals surface area contributed by atoms with E-state index < -0.39 is 6.09 Å². The lowest BCUT2D eigenvalue weighted by Gasteiger charge is -2.17. The molecule has 1 atom stereocenters. The quantitative estimate of drug-likeness (QED) is 0.834. The summed E-state index contributed by atoms with van der Waals surface area (Å²) in [5, 5.41) is 0.969. The van der Waals surface area contributed by atoms with E-state index in [1.807, 2.05) is 24.3 Å². The van der Waals surface area contributed by atoms with Gasteiger partial charge in [-0.1, -0.05) is 43.9 Å². The molecule has 1 fully saturated rings. The first-order valence-electron chi connectivity index (χ1n) is 8.30. The normalized spacial score (nSPS) is 16.6. The summed E-state index contributed by atoms with van der Waals surface area (Å²) in [6, 6.07) is 7.71. The molecule has 23 heavy (non-hydrogen) atoms. The SMILES string of the molecule is COC(=O)n1cc(C(CC2CCCC2)C(C)=O)c2ccccc21. The number of fused-ring (bicyclic) bond motifs is 1. The first-order valence-corrected chi connectivity index (χ1v) is 8.30. The summed E-state index contributed by atoms with van der Waals surface area (Å²) >= 11 is 0. The summed E-state index contributed by atoms with van der Waals surface area (Å²) in [6.45, 7) is 1.66. The molecule has 0 N–H and O–H groups in total. The van der Waals surface area contributed by atoms with Crippen molar-refractivity contribution in [2.75, 3.05) is 7.11 Å². The third-order valence-corrected chi connectivity index (χ3v) is 5.02. The number of aromatic nitrogens is 1. The van der Waals surface area contributed by atoms with Crippen molar-refractivity contribution in [3.63, 3.8) is 0 Å². The molecule has 0 aliphatic heterocycles. The molecule has 1 saturated carbocycles. The lowest BCUT2D eigenvalue weighted by molar-refractivity contribution is -0.118. The highest BCUT2D eigenvalue weighted by atomic mass is 16.5. The van der Waals surface area contributed by atoms with Gasteiger partial charge in [-0.05, 0) is 30.9 Å². The Labute approximate surface area is 136 Å². The summed E-state index contributed by atoms with van der Waals surface area (Å²) in [5.41, 5.74) is 1.75. The van der Waals surface area contributed by atoms with Gasteiger partial charge in [0.25, 0.3) is 0 Å². The van der Waals surface area contributed by atoms with Gasteiger partial charge in [0, 0.05) is 17.5 Å². The molecule has 1 aliphatic rings. The zero-order valence-electron chi connectivity index (χ0n) is 13.7. The molecule has 4 heteroatoms. The van der Waals surface area contributed by atoms with Crippen LogP contribution < -0.4 is 0 Å². The molecule has 1 aromatic heterocycles. The monoisotopic (exact) mass is 313 g/mol. The average molecular weight is 313 g/mol. The van der Waals surface area contributed by atoms with Crippen LogP contribution in [-0.2, 0) is 9.53 Å². The van der Waals surface area contributed by atoms with E-state index in [2.05, 4.69) is 0 Å². The van der Waals surface area contributed by atoms with Crippen molar-refractivity contribution in [1.82, 2.24) is 4.57 Å². The van der Waals surface area contributed by atoms with Crippen molar-refractivity contribution in [1.29, 1.82) is 0 Å². The smallest absolute Gasteiger partial charge is 0.418 e. The number of para-hydroxylation sites is 1. The Balaban J connectivity index is 2.05. The van der Waals surface area contributed by atoms with Gasteiger partial charge >= 0.3 is 6.09 Å². The molecule has 0 spiro atoms. The van der Waals surface area contributed by atoms with Gasteiger partial charge in [-0.15, -0.1) is 0 Å². The second-order valence-electron chi connectivity index (χ2n) is 6.49. The Bertz CT molecular complexity index is 725. The highest BCUT2D eigenvalue weighted by Crippen LogP contribution is 2.37. The van der Waals surface area contributed by atoms with Gasteiger partial charge in [0.05, 0.1) is 12.6 Å². The Morgan fingerprint density at radius 3 is 2.61 bits per heavy atom. The molecule has 0 amide bonds. The second kappa shape index (κ2) is 6.57. The molecular formula is C19H23NO3. The lowest BCUT2D eigenvalue weighted by atomic mass is 9.85. The lowest BCUT2D eigenvalue weighted by Crippen LogP contribution is -2.13. The molecule has 1 unspecified atom stereocenters. The van der Waals surface area contributed by atoms with Gasteiger partial charge in [0.1, 0.15) is 5.78 Å². The molecule has 3 rings (SSSR count). The molecule has 1 heterocycles. The fourth-order valence-corrected chi connectivity index (χ4v) is 3.82. The Morgan fingerprint density at radius 1 is 1.26 bits per heavy atom. The van der Waals surface area contributed by atoms with E-state index in [-0.39, 0.29) is 11.7 Å². The van der Waals surface area contributed by atoms with Gasteiger partial charge in [-0.2, -0.15) is 0 Å². The van der Waals surface area contributed by atoms with Crippen LogP contribution in [-0.4, -0.2) is 23.6 Å². The van der Waals surface area contributed by atoms with E-state index >= 15 is 0 Å². The molecule has 0 saturated heterocycles. The zero-order valence-corrected chi connectivity index (χ0v) is 13.7. The average Bonchev–Trinajstić information content (AvgIpc) is 3.19. The van der Waals surface area contributed by atoms with E-state index in [9.17, 15) is 9.59 Å². The van der Waals surface area contributed by atoms with Gasteiger partial charge in [-0.3, -0.25) is 9.36 Å². The molecule has 122 valence electrons. The van der Waals surface area contributed by atoms with Crippen LogP contribution in [0.15, 0.2) is 30.5 Å². The largest absolute Gasteiger partial charge is 0.452 e. The number of benzene rings is 1. The van der Waals surface area contributed by atoms with Gasteiger partial charge in [-0.25, -0.2) is 4.79 Å². The number of ether oxygens (including phenoxy) is 1. The van der Waals surface area contributed by atoms with Crippen molar-refractivity contribution in [3.05, 3.63) is 36.0 Å². The van der Waals surface area contributed by atoms with Crippen molar-refractivity contribution >= 4 is 22.8 Å². The molecule has 0 radical (unpaired) electrons. The zero-order chi connectivity index (χ0) is 16.4. The van der Waals surface area contributed by atoms with Gasteiger partial charge < -0.3 is 4.74 Å². The molecule has 1 aromatic carbocycles. The third kappa shape index (κ3) is 3.03. The molecule has 2 aromatic rings. The minimum Gasteiger partial charge on any atom is -0.452 e. The van der Waals surface area contributed by atoms with Gasteiger partial charge in [0.2, 0.25) is 0 Å². The summed E-state index contributed by atoms with van der Waals surface area (Å²) in [6.07, 6.45) is 7.19. The van der Waals surface area contributed by atoms with Crippen LogP contribution in [0.4, 0.5) is 4.79 Å². The Hall–Kier alpha value is -2.10. The van der Waals surface area contributed by atoms with E-state index in [1.165, 1.54) is 37.4 Å². The van der Waals surface area contributed by atoms with Gasteiger partial charge in [0.15, 0.2) is 0 Å². The number of methoxy groups -OCH3 is 1. The number of ketones is 1. The van der Waals surface area contributed by atoms with Crippen molar-refractivity contribution in [2.24, 2.45) is 5.92 Å². The van der Waals surface area contributed by atoms with Crippen LogP contribution >= 0.6 is 0 Å². The predicted octanol–water partition coefficient (Wildman–Crippen LogP) is 4.51. The number of carbonyl (C=O) groups is 2. The van der Waals surface area contributed by atoms with Crippen LogP contribution in [0.3, 0.4) is 0 Å². The van der Waals surface area contributed by atoms with Crippen LogP contribution in [0.25, 0.3) is 10.9 Å². The summed E-state index contributed by atoms with van der Waals surface area (Å²) in [4.78, 5) is 24.3. The summed E-state index contributed by atoms with van der Waals surface area (Å²) in [7, 11) is 1.37. The van der Waals surface area contributed by atoms with Crippen LogP contribution in [0.5, 0.6) is 0 Å². The van der Waals surface area contributed by atoms with Crippen molar-refractivity contribution in [2.45, 2.75) is 44.9 Å². The summed E-state index contributed by atoms with van der Waals surface area (Å²) in [5.74, 6) is 0.641. The second-order valence-corrected chi connectivity index (χ2v) is 6.49. The highest BCUT2D eigenvalue weighted by Gasteiger charge is 2.27. The third-order valence-electron chi connectivity index (χ3n) is 5.02. The standard InChI is InChI=1S/C19H23NO3/c1-13(21)16(11-14-7-3-4-8-14)17-12-20(19(22)23-2)18-10-6-5-9-15(17)18/h5-6,9-10,12,14,16H,3-4,7-8,11H2,1-2H3. The van der Waals surface area contributed by atoms with E-state index in [0.717, 1.165) is 22.9 Å². The van der Waals surface area contributed by atoms with E-state index in [4.69, 9.17) is 4.74 Å². The van der Waals surface area contributed by atoms with Crippen LogP contribution in [0, 0.1) is 5.92 Å². The number of carbonyl (C=O) groups excluding carboxylic acids is 2. The Kier molecular flexibility index (Phi) is 4.51. The molecular weight excluding hydrogens is 290 g/mol. The number of rotatable bonds is 4. The van der Waals surface area contributed by atoms with Crippen LogP contribution in [0.1, 0.15) is 50.5 Å². The fourth-order valence-electron chi connectivity index (χ4n) is 3.82. The first-order chi connectivity index (χ1) is 11.1. The summed E-state index contributed by atoms with van der Waals surface area (Å²) < 4.78 is 6.38. The minimum absolute atomic E-state index is 0.145. The number of hydrogen-bond donors (Lipinski definition) is 0. The predicted molar refractivity (Wildman–Crippen MR) is 89.7 cm³/mol. The van der Waals surface area contributed by atoms with Crippen molar-refractivity contribution in [3.8, 4) is 0 Å². The molecule has 0 bridgehead atoms. The maximum Gasteiger partial charge on any atom is 0.418 e. The van der Waals surface area contributed by atoms with Crippen LogP contribution in [0.2, 0.25) is 0 Å². The number of hydrogen-bond acceptors (Lipinski definition) is 3. The first kappa shape index (κ1) is 15.8. The number of Topliss-reactive ketones (excluding diaryl/α,β-unsaturated/α-hetero) is 1. The maximum absolute atomic E-state index is 12.3. The highest BCUT2D eigenvalue weighted by molar-refractivity contribution is 5.96. The maximum atomic E-state index is 12.3. The van der Waals surface area contributed by atoms with E-state index in [0.29, 0.717) is 5.92 Å². The van der Waals surface area contributed by atoms with Crippen molar-refractivity contribution < 1.29 is 14.3 Å². The Morgan fingerprint density at radius 2 is 1.96 bits per heavy atom. The molecule has 4 nitrogen and oxygen atoms in total. The minimum atomic E-state index is -0.421. The molecule has 1 aliphatic carbocycles. The number of nitrogens with zero attached hydrogens (tertiary/aromatic N) is 1. The topological polar surface area (TPSA) is 48.3 Å². The van der Waals surface area contributed by atoms with E-state index in [1.54, 1.807) is 13.1 Å². The fraction of sp³-hybridized carbons (Fsp3) is 0.474.